The van der Waals surface area contributed by atoms with Gasteiger partial charge in [0.05, 0.1) is 19.3 Å². The minimum absolute atomic E-state index is 0.0873. The van der Waals surface area contributed by atoms with Gasteiger partial charge >= 0.3 is 0 Å². The maximum absolute atomic E-state index is 12.7. The average Bonchev–Trinajstić information content (AvgIpc) is 2.47. The number of ether oxygens (including phenoxy) is 2. The molecule has 6 nitrogen and oxygen atoms in total. The van der Waals surface area contributed by atoms with E-state index in [1.54, 1.807) is 18.2 Å². The van der Waals surface area contributed by atoms with Gasteiger partial charge in [0.15, 0.2) is 0 Å². The second-order valence-corrected chi connectivity index (χ2v) is 6.96. The van der Waals surface area contributed by atoms with Crippen LogP contribution < -0.4 is 9.46 Å². The Morgan fingerprint density at radius 3 is 2.62 bits per heavy atom. The molecule has 0 saturated carbocycles. The summed E-state index contributed by atoms with van der Waals surface area (Å²) in [6, 6.07) is 4.97. The van der Waals surface area contributed by atoms with Crippen molar-refractivity contribution in [3.63, 3.8) is 0 Å². The molecule has 0 aliphatic carbocycles. The van der Waals surface area contributed by atoms with E-state index in [2.05, 4.69) is 4.72 Å². The first-order valence-electron chi connectivity index (χ1n) is 6.80. The molecule has 118 valence electrons. The van der Waals surface area contributed by atoms with Crippen LogP contribution in [0.3, 0.4) is 0 Å². The van der Waals surface area contributed by atoms with Crippen molar-refractivity contribution in [2.45, 2.75) is 30.2 Å². The summed E-state index contributed by atoms with van der Waals surface area (Å²) in [5, 5.41) is 9.62. The molecule has 1 aliphatic rings. The number of aliphatic hydroxyl groups is 1. The quantitative estimate of drug-likeness (QED) is 0.840. The smallest absolute Gasteiger partial charge is 0.244 e. The number of sulfonamides is 1. The van der Waals surface area contributed by atoms with Gasteiger partial charge in [-0.1, -0.05) is 6.07 Å². The second kappa shape index (κ2) is 6.31. The molecular formula is C14H21NO5S. The van der Waals surface area contributed by atoms with E-state index >= 15 is 0 Å². The minimum Gasteiger partial charge on any atom is -0.495 e. The molecular weight excluding hydrogens is 294 g/mol. The molecule has 2 rings (SSSR count). The first-order chi connectivity index (χ1) is 9.92. The summed E-state index contributed by atoms with van der Waals surface area (Å²) >= 11 is 0. The van der Waals surface area contributed by atoms with Crippen LogP contribution in [0.5, 0.6) is 5.75 Å². The molecule has 1 saturated heterocycles. The zero-order valence-electron chi connectivity index (χ0n) is 12.3. The number of aliphatic hydroxyl groups excluding tert-OH is 1. The lowest BCUT2D eigenvalue weighted by Gasteiger charge is -2.36. The predicted molar refractivity (Wildman–Crippen MR) is 77.9 cm³/mol. The summed E-state index contributed by atoms with van der Waals surface area (Å²) in [5.41, 5.74) is -0.0486. The van der Waals surface area contributed by atoms with Crippen molar-refractivity contribution in [2.75, 3.05) is 26.9 Å². The lowest BCUT2D eigenvalue weighted by atomic mass is 9.93. The monoisotopic (exact) mass is 315 g/mol. The van der Waals surface area contributed by atoms with Crippen LogP contribution in [0.1, 0.15) is 18.4 Å². The van der Waals surface area contributed by atoms with E-state index in [1.165, 1.54) is 7.11 Å². The van der Waals surface area contributed by atoms with Gasteiger partial charge < -0.3 is 14.6 Å². The van der Waals surface area contributed by atoms with Crippen molar-refractivity contribution in [2.24, 2.45) is 0 Å². The Labute approximate surface area is 125 Å². The molecule has 0 bridgehead atoms. The third-order valence-electron chi connectivity index (χ3n) is 3.71. The molecule has 0 spiro atoms. The summed E-state index contributed by atoms with van der Waals surface area (Å²) in [4.78, 5) is 0.0873. The van der Waals surface area contributed by atoms with Crippen molar-refractivity contribution < 1.29 is 23.0 Å². The van der Waals surface area contributed by atoms with Gasteiger partial charge in [-0.3, -0.25) is 0 Å². The fourth-order valence-electron chi connectivity index (χ4n) is 2.39. The first-order valence-corrected chi connectivity index (χ1v) is 8.28. The molecule has 0 radical (unpaired) electrons. The van der Waals surface area contributed by atoms with Gasteiger partial charge in [-0.15, -0.1) is 0 Å². The van der Waals surface area contributed by atoms with Gasteiger partial charge in [-0.25, -0.2) is 13.1 Å². The zero-order valence-corrected chi connectivity index (χ0v) is 13.1. The fourth-order valence-corrected chi connectivity index (χ4v) is 4.09. The molecule has 7 heteroatoms. The number of nitrogens with one attached hydrogen (secondary N) is 1. The van der Waals surface area contributed by atoms with Gasteiger partial charge in [0, 0.05) is 13.2 Å². The Hall–Kier alpha value is -1.15. The third kappa shape index (κ3) is 3.55. The molecule has 0 unspecified atom stereocenters. The molecule has 0 atom stereocenters. The molecule has 1 aromatic rings. The Balaban J connectivity index is 2.35. The molecule has 1 aliphatic heterocycles. The van der Waals surface area contributed by atoms with E-state index in [1.807, 2.05) is 6.92 Å². The number of aryl methyl sites for hydroxylation is 1. The van der Waals surface area contributed by atoms with Gasteiger partial charge in [-0.2, -0.15) is 0 Å². The van der Waals surface area contributed by atoms with Crippen LogP contribution in [-0.2, 0) is 14.8 Å². The topological polar surface area (TPSA) is 84.9 Å². The number of hydrogen-bond acceptors (Lipinski definition) is 5. The van der Waals surface area contributed by atoms with Crippen molar-refractivity contribution in [3.8, 4) is 5.75 Å². The van der Waals surface area contributed by atoms with Gasteiger partial charge in [0.1, 0.15) is 10.6 Å². The molecule has 0 aromatic heterocycles. The van der Waals surface area contributed by atoms with Crippen molar-refractivity contribution >= 4 is 10.0 Å². The van der Waals surface area contributed by atoms with Crippen LogP contribution in [0, 0.1) is 6.92 Å². The van der Waals surface area contributed by atoms with Crippen LogP contribution in [-0.4, -0.2) is 46.0 Å². The van der Waals surface area contributed by atoms with Crippen LogP contribution in [0.4, 0.5) is 0 Å². The summed E-state index contributed by atoms with van der Waals surface area (Å²) in [6.07, 6.45) is 0.883. The van der Waals surface area contributed by atoms with Crippen molar-refractivity contribution in [1.82, 2.24) is 4.72 Å². The summed E-state index contributed by atoms with van der Waals surface area (Å²) < 4.78 is 38.3. The minimum atomic E-state index is -3.79. The fraction of sp³-hybridized carbons (Fsp3) is 0.571. The number of methoxy groups -OCH3 is 1. The molecule has 0 amide bonds. The Morgan fingerprint density at radius 2 is 2.05 bits per heavy atom. The lowest BCUT2D eigenvalue weighted by Crippen LogP contribution is -2.54. The number of rotatable bonds is 5. The standard InChI is InChI=1S/C14H21NO5S/c1-11-3-4-12(19-2)13(9-11)21(17,18)15-14(10-16)5-7-20-8-6-14/h3-4,9,15-16H,5-8,10H2,1-2H3. The molecule has 1 heterocycles. The van der Waals surface area contributed by atoms with E-state index in [9.17, 15) is 13.5 Å². The maximum atomic E-state index is 12.7. The number of benzene rings is 1. The van der Waals surface area contributed by atoms with Crippen LogP contribution in [0.2, 0.25) is 0 Å². The first kappa shape index (κ1) is 16.2. The Morgan fingerprint density at radius 1 is 1.38 bits per heavy atom. The Kier molecular flexibility index (Phi) is 4.88. The summed E-state index contributed by atoms with van der Waals surface area (Å²) in [7, 11) is -2.36. The van der Waals surface area contributed by atoms with E-state index < -0.39 is 15.6 Å². The van der Waals surface area contributed by atoms with Gasteiger partial charge in [-0.05, 0) is 37.5 Å². The van der Waals surface area contributed by atoms with Crippen LogP contribution in [0.25, 0.3) is 0 Å². The summed E-state index contributed by atoms with van der Waals surface area (Å²) in [6.45, 7) is 2.40. The molecule has 21 heavy (non-hydrogen) atoms. The third-order valence-corrected chi connectivity index (χ3v) is 5.31. The molecule has 1 aromatic carbocycles. The average molecular weight is 315 g/mol. The highest BCUT2D eigenvalue weighted by molar-refractivity contribution is 7.89. The normalized spacial score (nSPS) is 18.4. The zero-order chi connectivity index (χ0) is 15.5. The highest BCUT2D eigenvalue weighted by Crippen LogP contribution is 2.28. The SMILES string of the molecule is COc1ccc(C)cc1S(=O)(=O)NC1(CO)CCOCC1. The van der Waals surface area contributed by atoms with Crippen LogP contribution >= 0.6 is 0 Å². The Bertz CT molecular complexity index is 593. The van der Waals surface area contributed by atoms with Gasteiger partial charge in [0.25, 0.3) is 0 Å². The second-order valence-electron chi connectivity index (χ2n) is 5.31. The van der Waals surface area contributed by atoms with E-state index in [4.69, 9.17) is 9.47 Å². The molecule has 1 fully saturated rings. The van der Waals surface area contributed by atoms with E-state index in [0.717, 1.165) is 5.56 Å². The van der Waals surface area contributed by atoms with Crippen molar-refractivity contribution in [3.05, 3.63) is 23.8 Å². The number of hydrogen-bond donors (Lipinski definition) is 2. The molecule has 2 N–H and O–H groups in total. The maximum Gasteiger partial charge on any atom is 0.244 e. The van der Waals surface area contributed by atoms with Gasteiger partial charge in [0.2, 0.25) is 10.0 Å². The van der Waals surface area contributed by atoms with Crippen molar-refractivity contribution in [1.29, 1.82) is 0 Å². The summed E-state index contributed by atoms with van der Waals surface area (Å²) in [5.74, 6) is 0.285. The highest BCUT2D eigenvalue weighted by Gasteiger charge is 2.37. The predicted octanol–water partition coefficient (Wildman–Crippen LogP) is 0.823. The van der Waals surface area contributed by atoms with Crippen LogP contribution in [0.15, 0.2) is 23.1 Å². The highest BCUT2D eigenvalue weighted by atomic mass is 32.2. The van der Waals surface area contributed by atoms with E-state index in [-0.39, 0.29) is 17.3 Å². The largest absolute Gasteiger partial charge is 0.495 e. The van der Waals surface area contributed by atoms with E-state index in [0.29, 0.717) is 26.1 Å². The lowest BCUT2D eigenvalue weighted by molar-refractivity contribution is 0.0222.